The lowest BCUT2D eigenvalue weighted by Crippen LogP contribution is -2.34. The molecule has 2 aromatic rings. The number of nitrogens with zero attached hydrogens (tertiary/aromatic N) is 3. The zero-order valence-electron chi connectivity index (χ0n) is 13.7. The fourth-order valence-electron chi connectivity index (χ4n) is 2.50. The Hall–Kier alpha value is -2.90. The second-order valence-electron chi connectivity index (χ2n) is 5.49. The highest BCUT2D eigenvalue weighted by Gasteiger charge is 2.28. The summed E-state index contributed by atoms with van der Waals surface area (Å²) >= 11 is 0. The first-order valence-corrected chi connectivity index (χ1v) is 7.83. The molecule has 0 bridgehead atoms. The van der Waals surface area contributed by atoms with Crippen molar-refractivity contribution in [1.29, 1.82) is 0 Å². The van der Waals surface area contributed by atoms with Gasteiger partial charge in [-0.15, -0.1) is 0 Å². The molecule has 0 aliphatic carbocycles. The molecule has 1 atom stereocenters. The molecule has 1 aliphatic rings. The van der Waals surface area contributed by atoms with Crippen molar-refractivity contribution >= 4 is 5.91 Å². The molecule has 1 unspecified atom stereocenters. The summed E-state index contributed by atoms with van der Waals surface area (Å²) in [5, 5.41) is 0. The molecule has 0 saturated carbocycles. The van der Waals surface area contributed by atoms with E-state index in [1.165, 1.54) is 31.6 Å². The van der Waals surface area contributed by atoms with Crippen molar-refractivity contribution in [2.45, 2.75) is 12.5 Å². The van der Waals surface area contributed by atoms with Crippen molar-refractivity contribution in [2.75, 3.05) is 26.8 Å². The second-order valence-corrected chi connectivity index (χ2v) is 5.49. The second kappa shape index (κ2) is 7.78. The van der Waals surface area contributed by atoms with E-state index in [-0.39, 0.29) is 24.4 Å². The van der Waals surface area contributed by atoms with E-state index in [1.807, 2.05) is 0 Å². The average Bonchev–Trinajstić information content (AvgIpc) is 3.09. The van der Waals surface area contributed by atoms with E-state index in [9.17, 15) is 9.18 Å². The van der Waals surface area contributed by atoms with Gasteiger partial charge in [-0.2, -0.15) is 4.98 Å². The molecule has 1 aromatic heterocycles. The topological polar surface area (TPSA) is 73.8 Å². The minimum absolute atomic E-state index is 0.0644. The van der Waals surface area contributed by atoms with Gasteiger partial charge in [-0.05, 0) is 12.1 Å². The molecule has 1 aliphatic heterocycles. The van der Waals surface area contributed by atoms with Gasteiger partial charge in [0, 0.05) is 13.0 Å². The average molecular weight is 347 g/mol. The van der Waals surface area contributed by atoms with Crippen LogP contribution in [0.4, 0.5) is 4.39 Å². The maximum atomic E-state index is 13.5. The van der Waals surface area contributed by atoms with E-state index >= 15 is 0 Å². The maximum Gasteiger partial charge on any atom is 0.260 e. The van der Waals surface area contributed by atoms with Gasteiger partial charge < -0.3 is 19.1 Å². The third-order valence-electron chi connectivity index (χ3n) is 3.77. The first-order valence-electron chi connectivity index (χ1n) is 7.83. The van der Waals surface area contributed by atoms with Crippen molar-refractivity contribution in [3.05, 3.63) is 42.5 Å². The van der Waals surface area contributed by atoms with Gasteiger partial charge in [0.05, 0.1) is 26.0 Å². The van der Waals surface area contributed by atoms with Crippen molar-refractivity contribution < 1.29 is 23.4 Å². The summed E-state index contributed by atoms with van der Waals surface area (Å²) in [5.74, 6) is 0.0677. The number of aromatic nitrogens is 2. The molecule has 8 heteroatoms. The number of hydrogen-bond donors (Lipinski definition) is 0. The first-order chi connectivity index (χ1) is 12.2. The number of para-hydroxylation sites is 1. The molecule has 25 heavy (non-hydrogen) atoms. The molecule has 1 aromatic carbocycles. The van der Waals surface area contributed by atoms with Gasteiger partial charge in [-0.1, -0.05) is 12.1 Å². The van der Waals surface area contributed by atoms with Crippen LogP contribution in [0, 0.1) is 5.82 Å². The predicted molar refractivity (Wildman–Crippen MR) is 86.1 cm³/mol. The van der Waals surface area contributed by atoms with E-state index < -0.39 is 5.82 Å². The Bertz CT molecular complexity index is 743. The molecule has 0 radical (unpaired) electrons. The Morgan fingerprint density at radius 3 is 2.92 bits per heavy atom. The molecule has 3 rings (SSSR count). The molecule has 132 valence electrons. The molecule has 2 heterocycles. The Balaban J connectivity index is 1.50. The smallest absolute Gasteiger partial charge is 0.260 e. The lowest BCUT2D eigenvalue weighted by molar-refractivity contribution is -0.132. The van der Waals surface area contributed by atoms with Crippen LogP contribution in [0.3, 0.4) is 0 Å². The number of hydrogen-bond acceptors (Lipinski definition) is 6. The molecule has 0 spiro atoms. The van der Waals surface area contributed by atoms with Crippen molar-refractivity contribution in [2.24, 2.45) is 0 Å². The van der Waals surface area contributed by atoms with Crippen LogP contribution in [-0.4, -0.2) is 53.7 Å². The van der Waals surface area contributed by atoms with Gasteiger partial charge in [0.2, 0.25) is 11.8 Å². The van der Waals surface area contributed by atoms with Gasteiger partial charge in [-0.3, -0.25) is 9.78 Å². The number of carbonyl (C=O) groups excluding carboxylic acids is 1. The lowest BCUT2D eigenvalue weighted by atomic mass is 10.3. The van der Waals surface area contributed by atoms with E-state index in [2.05, 4.69) is 9.97 Å². The molecule has 1 saturated heterocycles. The lowest BCUT2D eigenvalue weighted by Gasteiger charge is -2.17. The highest BCUT2D eigenvalue weighted by molar-refractivity contribution is 5.78. The number of ether oxygens (including phenoxy) is 3. The summed E-state index contributed by atoms with van der Waals surface area (Å²) in [6, 6.07) is 5.99. The maximum absolute atomic E-state index is 13.5. The van der Waals surface area contributed by atoms with Crippen LogP contribution in [0.15, 0.2) is 36.7 Å². The normalized spacial score (nSPS) is 16.6. The Morgan fingerprint density at radius 2 is 2.12 bits per heavy atom. The molecule has 1 fully saturated rings. The van der Waals surface area contributed by atoms with Crippen molar-refractivity contribution in [3.63, 3.8) is 0 Å². The molecule has 7 nitrogen and oxygen atoms in total. The van der Waals surface area contributed by atoms with Gasteiger partial charge in [0.15, 0.2) is 18.2 Å². The Morgan fingerprint density at radius 1 is 1.32 bits per heavy atom. The first kappa shape index (κ1) is 16.9. The summed E-state index contributed by atoms with van der Waals surface area (Å²) < 4.78 is 29.5. The zero-order chi connectivity index (χ0) is 17.6. The highest BCUT2D eigenvalue weighted by Crippen LogP contribution is 2.19. The van der Waals surface area contributed by atoms with Gasteiger partial charge >= 0.3 is 0 Å². The monoisotopic (exact) mass is 347 g/mol. The number of amides is 1. The van der Waals surface area contributed by atoms with Crippen LogP contribution in [-0.2, 0) is 4.79 Å². The molecular formula is C17H18FN3O4. The number of benzene rings is 1. The molecule has 0 N–H and O–H groups in total. The summed E-state index contributed by atoms with van der Waals surface area (Å²) in [4.78, 5) is 21.9. The fraction of sp³-hybridized carbons (Fsp3) is 0.353. The minimum atomic E-state index is -0.491. The van der Waals surface area contributed by atoms with Gasteiger partial charge in [-0.25, -0.2) is 4.39 Å². The fourth-order valence-corrected chi connectivity index (χ4v) is 2.50. The van der Waals surface area contributed by atoms with Crippen molar-refractivity contribution in [3.8, 4) is 17.5 Å². The molecular weight excluding hydrogens is 329 g/mol. The Kier molecular flexibility index (Phi) is 5.27. The number of methoxy groups -OCH3 is 1. The van der Waals surface area contributed by atoms with Crippen LogP contribution >= 0.6 is 0 Å². The van der Waals surface area contributed by atoms with Crippen LogP contribution in [0.2, 0.25) is 0 Å². The Labute approximate surface area is 144 Å². The largest absolute Gasteiger partial charge is 0.481 e. The van der Waals surface area contributed by atoms with Crippen LogP contribution in [0.25, 0.3) is 0 Å². The van der Waals surface area contributed by atoms with Crippen LogP contribution in [0.5, 0.6) is 17.5 Å². The number of likely N-dealkylation sites (tertiary alicyclic amines) is 1. The van der Waals surface area contributed by atoms with Crippen molar-refractivity contribution in [1.82, 2.24) is 14.9 Å². The minimum Gasteiger partial charge on any atom is -0.481 e. The zero-order valence-corrected chi connectivity index (χ0v) is 13.7. The standard InChI is InChI=1S/C17H18FN3O4/c1-23-15-8-19-9-16(20-15)25-12-6-7-21(10-12)17(22)11-24-14-5-3-2-4-13(14)18/h2-5,8-9,12H,6-7,10-11H2,1H3. The SMILES string of the molecule is COc1cncc(OC2CCN(C(=O)COc3ccccc3F)C2)n1. The third-order valence-corrected chi connectivity index (χ3v) is 3.77. The van der Waals surface area contributed by atoms with E-state index in [4.69, 9.17) is 14.2 Å². The van der Waals surface area contributed by atoms with E-state index in [0.717, 1.165) is 0 Å². The van der Waals surface area contributed by atoms with Crippen LogP contribution in [0.1, 0.15) is 6.42 Å². The number of rotatable bonds is 6. The third kappa shape index (κ3) is 4.34. The quantitative estimate of drug-likeness (QED) is 0.792. The van der Waals surface area contributed by atoms with E-state index in [1.54, 1.807) is 17.0 Å². The molecule has 1 amide bonds. The summed E-state index contributed by atoms with van der Waals surface area (Å²) in [7, 11) is 1.50. The van der Waals surface area contributed by atoms with Gasteiger partial charge in [0.25, 0.3) is 5.91 Å². The number of halogens is 1. The predicted octanol–water partition coefficient (Wildman–Crippen LogP) is 1.68. The van der Waals surface area contributed by atoms with Crippen LogP contribution < -0.4 is 14.2 Å². The summed E-state index contributed by atoms with van der Waals surface area (Å²) in [5.41, 5.74) is 0. The summed E-state index contributed by atoms with van der Waals surface area (Å²) in [6.07, 6.45) is 3.47. The van der Waals surface area contributed by atoms with E-state index in [0.29, 0.717) is 31.3 Å². The van der Waals surface area contributed by atoms with Gasteiger partial charge in [0.1, 0.15) is 6.10 Å². The number of carbonyl (C=O) groups is 1. The summed E-state index contributed by atoms with van der Waals surface area (Å²) in [6.45, 7) is 0.743. The highest BCUT2D eigenvalue weighted by atomic mass is 19.1.